The SMILES string of the molecule is C=CCOc1ccc(C(O)=C2C(=O)C(=O)N(CCCN(C)C)[C@@H]2c2ccc(OC)c(OC)c2)c(C)c1. The predicted molar refractivity (Wildman–Crippen MR) is 139 cm³/mol. The Morgan fingerprint density at radius 1 is 1.11 bits per heavy atom. The second kappa shape index (κ2) is 11.8. The van der Waals surface area contributed by atoms with Gasteiger partial charge in [0.25, 0.3) is 11.7 Å². The topological polar surface area (TPSA) is 88.5 Å². The summed E-state index contributed by atoms with van der Waals surface area (Å²) in [6.07, 6.45) is 2.31. The molecular weight excluding hydrogens is 460 g/mol. The molecule has 1 saturated heterocycles. The van der Waals surface area contributed by atoms with Crippen LogP contribution < -0.4 is 14.2 Å². The van der Waals surface area contributed by atoms with Crippen LogP contribution in [0, 0.1) is 6.92 Å². The van der Waals surface area contributed by atoms with E-state index in [-0.39, 0.29) is 11.3 Å². The molecule has 3 rings (SSSR count). The van der Waals surface area contributed by atoms with Gasteiger partial charge in [0.1, 0.15) is 18.1 Å². The number of aliphatic hydroxyl groups excluding tert-OH is 1. The van der Waals surface area contributed by atoms with Gasteiger partial charge in [0.05, 0.1) is 25.8 Å². The Kier molecular flexibility index (Phi) is 8.77. The number of ether oxygens (including phenoxy) is 3. The van der Waals surface area contributed by atoms with Crippen LogP contribution in [0.15, 0.2) is 54.6 Å². The number of Topliss-reactive ketones (excluding diaryl/α,β-unsaturated/α-hetero) is 1. The summed E-state index contributed by atoms with van der Waals surface area (Å²) < 4.78 is 16.4. The number of amides is 1. The van der Waals surface area contributed by atoms with Gasteiger partial charge in [0.15, 0.2) is 11.5 Å². The molecule has 0 unspecified atom stereocenters. The first-order valence-corrected chi connectivity index (χ1v) is 11.7. The van der Waals surface area contributed by atoms with Gasteiger partial charge in [-0.1, -0.05) is 18.7 Å². The lowest BCUT2D eigenvalue weighted by atomic mass is 9.93. The number of methoxy groups -OCH3 is 2. The quantitative estimate of drug-likeness (QED) is 0.219. The van der Waals surface area contributed by atoms with Crippen molar-refractivity contribution in [3.63, 3.8) is 0 Å². The maximum Gasteiger partial charge on any atom is 0.295 e. The van der Waals surface area contributed by atoms with E-state index in [0.717, 1.165) is 6.54 Å². The molecular formula is C28H34N2O6. The first-order chi connectivity index (χ1) is 17.2. The molecule has 192 valence electrons. The normalized spacial score (nSPS) is 16.9. The van der Waals surface area contributed by atoms with Crippen LogP contribution in [-0.2, 0) is 9.59 Å². The molecule has 1 atom stereocenters. The summed E-state index contributed by atoms with van der Waals surface area (Å²) in [6.45, 7) is 6.90. The third kappa shape index (κ3) is 5.54. The minimum Gasteiger partial charge on any atom is -0.507 e. The van der Waals surface area contributed by atoms with Crippen molar-refractivity contribution in [2.45, 2.75) is 19.4 Å². The van der Waals surface area contributed by atoms with Crippen LogP contribution in [-0.4, -0.2) is 74.6 Å². The van der Waals surface area contributed by atoms with Gasteiger partial charge in [-0.25, -0.2) is 0 Å². The van der Waals surface area contributed by atoms with Gasteiger partial charge in [0, 0.05) is 12.1 Å². The van der Waals surface area contributed by atoms with Gasteiger partial charge in [-0.3, -0.25) is 9.59 Å². The number of nitrogens with zero attached hydrogens (tertiary/aromatic N) is 2. The third-order valence-corrected chi connectivity index (χ3v) is 6.09. The maximum absolute atomic E-state index is 13.3. The molecule has 1 heterocycles. The number of hydrogen-bond acceptors (Lipinski definition) is 7. The molecule has 0 saturated carbocycles. The summed E-state index contributed by atoms with van der Waals surface area (Å²) in [5, 5.41) is 11.4. The summed E-state index contributed by atoms with van der Waals surface area (Å²) in [6, 6.07) is 9.65. The molecule has 36 heavy (non-hydrogen) atoms. The first kappa shape index (κ1) is 26.8. The van der Waals surface area contributed by atoms with Crippen molar-refractivity contribution in [2.24, 2.45) is 0 Å². The molecule has 1 amide bonds. The average Bonchev–Trinajstić information content (AvgIpc) is 3.11. The van der Waals surface area contributed by atoms with Crippen molar-refractivity contribution in [3.05, 3.63) is 71.3 Å². The van der Waals surface area contributed by atoms with E-state index in [1.807, 2.05) is 25.9 Å². The fourth-order valence-corrected chi connectivity index (χ4v) is 4.33. The zero-order valence-corrected chi connectivity index (χ0v) is 21.5. The highest BCUT2D eigenvalue weighted by Gasteiger charge is 2.46. The molecule has 0 spiro atoms. The molecule has 0 aromatic heterocycles. The van der Waals surface area contributed by atoms with Crippen molar-refractivity contribution in [1.29, 1.82) is 0 Å². The number of likely N-dealkylation sites (tertiary alicyclic amines) is 1. The minimum absolute atomic E-state index is 0.0416. The summed E-state index contributed by atoms with van der Waals surface area (Å²) in [7, 11) is 6.96. The standard InChI is InChI=1S/C28H34N2O6/c1-7-15-36-20-10-11-21(18(2)16-20)26(31)24-25(19-9-12-22(34-5)23(17-19)35-6)30(28(33)27(24)32)14-8-13-29(3)4/h7,9-12,16-17,25,31H,1,8,13-15H2,2-6H3/t25-/m1/s1. The molecule has 0 aliphatic carbocycles. The molecule has 8 nitrogen and oxygen atoms in total. The van der Waals surface area contributed by atoms with Crippen LogP contribution >= 0.6 is 0 Å². The van der Waals surface area contributed by atoms with Crippen molar-refractivity contribution in [3.8, 4) is 17.2 Å². The van der Waals surface area contributed by atoms with E-state index in [0.29, 0.717) is 53.5 Å². The molecule has 8 heteroatoms. The van der Waals surface area contributed by atoms with Gasteiger partial charge in [-0.05, 0) is 75.4 Å². The minimum atomic E-state index is -0.775. The van der Waals surface area contributed by atoms with Gasteiger partial charge < -0.3 is 29.1 Å². The van der Waals surface area contributed by atoms with E-state index in [4.69, 9.17) is 14.2 Å². The summed E-state index contributed by atoms with van der Waals surface area (Å²) in [4.78, 5) is 30.0. The summed E-state index contributed by atoms with van der Waals surface area (Å²) in [5.74, 6) is 0.0216. The first-order valence-electron chi connectivity index (χ1n) is 11.7. The van der Waals surface area contributed by atoms with Gasteiger partial charge in [0.2, 0.25) is 0 Å². The Morgan fingerprint density at radius 2 is 1.83 bits per heavy atom. The lowest BCUT2D eigenvalue weighted by molar-refractivity contribution is -0.139. The number of aryl methyl sites for hydroxylation is 1. The molecule has 0 radical (unpaired) electrons. The Bertz CT molecular complexity index is 1170. The number of hydrogen-bond donors (Lipinski definition) is 1. The van der Waals surface area contributed by atoms with Crippen LogP contribution in [0.25, 0.3) is 5.76 Å². The fourth-order valence-electron chi connectivity index (χ4n) is 4.33. The largest absolute Gasteiger partial charge is 0.507 e. The molecule has 1 aliphatic heterocycles. The van der Waals surface area contributed by atoms with E-state index in [1.54, 1.807) is 42.5 Å². The lowest BCUT2D eigenvalue weighted by Gasteiger charge is -2.26. The molecule has 2 aromatic rings. The van der Waals surface area contributed by atoms with Crippen LogP contribution in [0.2, 0.25) is 0 Å². The fraction of sp³-hybridized carbons (Fsp3) is 0.357. The number of benzene rings is 2. The van der Waals surface area contributed by atoms with Gasteiger partial charge >= 0.3 is 0 Å². The average molecular weight is 495 g/mol. The maximum atomic E-state index is 13.3. The highest BCUT2D eigenvalue weighted by Crippen LogP contribution is 2.42. The van der Waals surface area contributed by atoms with E-state index in [2.05, 4.69) is 6.58 Å². The highest BCUT2D eigenvalue weighted by atomic mass is 16.5. The lowest BCUT2D eigenvalue weighted by Crippen LogP contribution is -2.32. The molecule has 0 bridgehead atoms. The van der Waals surface area contributed by atoms with Gasteiger partial charge in [-0.2, -0.15) is 0 Å². The van der Waals surface area contributed by atoms with Crippen LogP contribution in [0.4, 0.5) is 0 Å². The second-order valence-electron chi connectivity index (χ2n) is 8.84. The molecule has 1 fully saturated rings. The number of aliphatic hydroxyl groups is 1. The Hall–Kier alpha value is -3.78. The van der Waals surface area contributed by atoms with Crippen molar-refractivity contribution < 1.29 is 28.9 Å². The van der Waals surface area contributed by atoms with E-state index < -0.39 is 17.7 Å². The number of rotatable bonds is 11. The predicted octanol–water partition coefficient (Wildman–Crippen LogP) is 3.95. The van der Waals surface area contributed by atoms with Crippen LogP contribution in [0.5, 0.6) is 17.2 Å². The van der Waals surface area contributed by atoms with Crippen LogP contribution in [0.3, 0.4) is 0 Å². The number of ketones is 1. The zero-order valence-electron chi connectivity index (χ0n) is 21.5. The Morgan fingerprint density at radius 3 is 2.44 bits per heavy atom. The van der Waals surface area contributed by atoms with E-state index >= 15 is 0 Å². The number of carbonyl (C=O) groups excluding carboxylic acids is 2. The molecule has 1 N–H and O–H groups in total. The van der Waals surface area contributed by atoms with E-state index in [1.165, 1.54) is 19.1 Å². The second-order valence-corrected chi connectivity index (χ2v) is 8.84. The smallest absolute Gasteiger partial charge is 0.295 e. The third-order valence-electron chi connectivity index (χ3n) is 6.09. The monoisotopic (exact) mass is 494 g/mol. The van der Waals surface area contributed by atoms with Crippen molar-refractivity contribution in [2.75, 3.05) is 48.0 Å². The van der Waals surface area contributed by atoms with E-state index in [9.17, 15) is 14.7 Å². The summed E-state index contributed by atoms with van der Waals surface area (Å²) >= 11 is 0. The Labute approximate surface area is 212 Å². The van der Waals surface area contributed by atoms with Crippen LogP contribution in [0.1, 0.15) is 29.2 Å². The summed E-state index contributed by atoms with van der Waals surface area (Å²) in [5.41, 5.74) is 1.85. The zero-order chi connectivity index (χ0) is 26.4. The van der Waals surface area contributed by atoms with Crippen molar-refractivity contribution in [1.82, 2.24) is 9.80 Å². The molecule has 1 aliphatic rings. The Balaban J connectivity index is 2.13. The van der Waals surface area contributed by atoms with Gasteiger partial charge in [-0.15, -0.1) is 0 Å². The van der Waals surface area contributed by atoms with Crippen molar-refractivity contribution >= 4 is 17.4 Å². The number of carbonyl (C=O) groups is 2. The molecule has 2 aromatic carbocycles. The highest BCUT2D eigenvalue weighted by molar-refractivity contribution is 6.46.